The molecule has 1 fully saturated rings. The molecule has 4 rings (SSSR count). The van der Waals surface area contributed by atoms with Gasteiger partial charge in [-0.05, 0) is 56.0 Å². The molecule has 172 valence electrons. The van der Waals surface area contributed by atoms with Crippen molar-refractivity contribution in [1.82, 2.24) is 4.31 Å². The van der Waals surface area contributed by atoms with E-state index >= 15 is 0 Å². The van der Waals surface area contributed by atoms with Crippen molar-refractivity contribution in [2.24, 2.45) is 0 Å². The second-order valence-corrected chi connectivity index (χ2v) is 10.5. The molecule has 8 heteroatoms. The molecular formula is C24H31N3O4S. The minimum absolute atomic E-state index is 0.176. The Kier molecular flexibility index (Phi) is 6.71. The van der Waals surface area contributed by atoms with E-state index in [1.807, 2.05) is 18.2 Å². The Hall–Kier alpha value is -2.58. The third-order valence-corrected chi connectivity index (χ3v) is 8.20. The van der Waals surface area contributed by atoms with Gasteiger partial charge in [0.1, 0.15) is 5.75 Å². The Morgan fingerprint density at radius 3 is 2.53 bits per heavy atom. The molecule has 2 aromatic rings. The number of carbonyl (C=O) groups is 1. The van der Waals surface area contributed by atoms with Gasteiger partial charge in [-0.3, -0.25) is 4.79 Å². The maximum absolute atomic E-state index is 13.2. The zero-order chi connectivity index (χ0) is 22.7. The first kappa shape index (κ1) is 22.6. The van der Waals surface area contributed by atoms with Gasteiger partial charge in [0.25, 0.3) is 0 Å². The number of nitrogens with zero attached hydrogens (tertiary/aromatic N) is 2. The highest BCUT2D eigenvalue weighted by Gasteiger charge is 2.29. The predicted molar refractivity (Wildman–Crippen MR) is 126 cm³/mol. The number of amides is 1. The number of benzene rings is 2. The van der Waals surface area contributed by atoms with Gasteiger partial charge < -0.3 is 15.0 Å². The van der Waals surface area contributed by atoms with Crippen LogP contribution in [0.5, 0.6) is 5.75 Å². The normalized spacial score (nSPS) is 19.3. The summed E-state index contributed by atoms with van der Waals surface area (Å²) in [6.45, 7) is 3.34. The SMILES string of the molecule is COc1ccc(S(=O)(=O)N2CCCCCC2)cc1NC(=O)CN1c2ccccc2CC1C. The summed E-state index contributed by atoms with van der Waals surface area (Å²) < 4.78 is 33.3. The maximum Gasteiger partial charge on any atom is 0.244 e. The smallest absolute Gasteiger partial charge is 0.244 e. The van der Waals surface area contributed by atoms with Gasteiger partial charge >= 0.3 is 0 Å². The van der Waals surface area contributed by atoms with Gasteiger partial charge in [-0.25, -0.2) is 8.42 Å². The first-order chi connectivity index (χ1) is 15.4. The van der Waals surface area contributed by atoms with Crippen molar-refractivity contribution in [1.29, 1.82) is 0 Å². The fraction of sp³-hybridized carbons (Fsp3) is 0.458. The average Bonchev–Trinajstić information content (AvgIpc) is 2.95. The molecule has 1 amide bonds. The first-order valence-electron chi connectivity index (χ1n) is 11.2. The first-order valence-corrected chi connectivity index (χ1v) is 12.7. The number of ether oxygens (including phenoxy) is 1. The number of carbonyl (C=O) groups excluding carboxylic acids is 1. The number of nitrogens with one attached hydrogen (secondary N) is 1. The minimum Gasteiger partial charge on any atom is -0.495 e. The van der Waals surface area contributed by atoms with Crippen molar-refractivity contribution in [2.75, 3.05) is 37.0 Å². The van der Waals surface area contributed by atoms with E-state index in [9.17, 15) is 13.2 Å². The van der Waals surface area contributed by atoms with Crippen LogP contribution in [-0.2, 0) is 21.2 Å². The lowest BCUT2D eigenvalue weighted by molar-refractivity contribution is -0.115. The molecule has 0 bridgehead atoms. The summed E-state index contributed by atoms with van der Waals surface area (Å²) in [5.74, 6) is 0.221. The number of hydrogen-bond acceptors (Lipinski definition) is 5. The van der Waals surface area contributed by atoms with Gasteiger partial charge in [-0.2, -0.15) is 4.31 Å². The zero-order valence-corrected chi connectivity index (χ0v) is 19.5. The lowest BCUT2D eigenvalue weighted by Crippen LogP contribution is -2.37. The Morgan fingerprint density at radius 1 is 1.09 bits per heavy atom. The highest BCUT2D eigenvalue weighted by molar-refractivity contribution is 7.89. The molecule has 0 aliphatic carbocycles. The van der Waals surface area contributed by atoms with Crippen molar-refractivity contribution >= 4 is 27.3 Å². The average molecular weight is 458 g/mol. The van der Waals surface area contributed by atoms with Crippen molar-refractivity contribution in [3.05, 3.63) is 48.0 Å². The Bertz CT molecular complexity index is 1080. The molecule has 1 saturated heterocycles. The molecule has 1 unspecified atom stereocenters. The van der Waals surface area contributed by atoms with Crippen LogP contribution >= 0.6 is 0 Å². The fourth-order valence-electron chi connectivity index (χ4n) is 4.59. The summed E-state index contributed by atoms with van der Waals surface area (Å²) in [5.41, 5.74) is 2.67. The second-order valence-electron chi connectivity index (χ2n) is 8.54. The van der Waals surface area contributed by atoms with E-state index in [0.717, 1.165) is 37.8 Å². The predicted octanol–water partition coefficient (Wildman–Crippen LogP) is 3.65. The van der Waals surface area contributed by atoms with Gasteiger partial charge in [0.15, 0.2) is 0 Å². The molecule has 0 aromatic heterocycles. The highest BCUT2D eigenvalue weighted by atomic mass is 32.2. The molecule has 1 atom stereocenters. The van der Waals surface area contributed by atoms with Crippen LogP contribution in [0.4, 0.5) is 11.4 Å². The van der Waals surface area contributed by atoms with Gasteiger partial charge in [-0.15, -0.1) is 0 Å². The lowest BCUT2D eigenvalue weighted by atomic mass is 10.1. The largest absolute Gasteiger partial charge is 0.495 e. The van der Waals surface area contributed by atoms with Crippen molar-refractivity contribution < 1.29 is 17.9 Å². The van der Waals surface area contributed by atoms with Crippen LogP contribution in [-0.4, -0.2) is 51.4 Å². The van der Waals surface area contributed by atoms with E-state index in [4.69, 9.17) is 4.74 Å². The number of fused-ring (bicyclic) bond motifs is 1. The minimum atomic E-state index is -3.62. The Balaban J connectivity index is 1.54. The van der Waals surface area contributed by atoms with E-state index < -0.39 is 10.0 Å². The van der Waals surface area contributed by atoms with E-state index in [1.165, 1.54) is 18.7 Å². The van der Waals surface area contributed by atoms with Crippen LogP contribution in [0.3, 0.4) is 0 Å². The number of methoxy groups -OCH3 is 1. The van der Waals surface area contributed by atoms with Gasteiger partial charge in [-0.1, -0.05) is 31.0 Å². The van der Waals surface area contributed by atoms with E-state index in [2.05, 4.69) is 23.2 Å². The highest BCUT2D eigenvalue weighted by Crippen LogP contribution is 2.33. The molecule has 2 heterocycles. The van der Waals surface area contributed by atoms with E-state index in [1.54, 1.807) is 16.4 Å². The van der Waals surface area contributed by atoms with E-state index in [-0.39, 0.29) is 23.4 Å². The van der Waals surface area contributed by atoms with Crippen molar-refractivity contribution in [2.45, 2.75) is 50.0 Å². The van der Waals surface area contributed by atoms with Crippen LogP contribution in [0.1, 0.15) is 38.2 Å². The van der Waals surface area contributed by atoms with Crippen LogP contribution in [0.25, 0.3) is 0 Å². The van der Waals surface area contributed by atoms with E-state index in [0.29, 0.717) is 24.5 Å². The van der Waals surface area contributed by atoms with Crippen LogP contribution in [0, 0.1) is 0 Å². The Labute approximate surface area is 190 Å². The molecule has 7 nitrogen and oxygen atoms in total. The molecule has 0 saturated carbocycles. The number of rotatable bonds is 6. The summed E-state index contributed by atoms with van der Waals surface area (Å²) in [6, 6.07) is 13.0. The lowest BCUT2D eigenvalue weighted by Gasteiger charge is -2.24. The molecular weight excluding hydrogens is 426 g/mol. The van der Waals surface area contributed by atoms with Crippen LogP contribution < -0.4 is 15.0 Å². The molecule has 2 aromatic carbocycles. The van der Waals surface area contributed by atoms with Crippen LogP contribution in [0.2, 0.25) is 0 Å². The summed E-state index contributed by atoms with van der Waals surface area (Å²) in [6.07, 6.45) is 4.74. The monoisotopic (exact) mass is 457 g/mol. The molecule has 2 aliphatic heterocycles. The number of para-hydroxylation sites is 1. The molecule has 2 aliphatic rings. The standard InChI is InChI=1S/C24H31N3O4S/c1-18-15-19-9-5-6-10-22(19)27(18)17-24(28)25-21-16-20(11-12-23(21)31-2)32(29,30)26-13-7-3-4-8-14-26/h5-6,9-12,16,18H,3-4,7-8,13-15,17H2,1-2H3,(H,25,28). The zero-order valence-electron chi connectivity index (χ0n) is 18.7. The van der Waals surface area contributed by atoms with Gasteiger partial charge in [0, 0.05) is 24.8 Å². The summed E-state index contributed by atoms with van der Waals surface area (Å²) in [4.78, 5) is 15.2. The molecule has 1 N–H and O–H groups in total. The quantitative estimate of drug-likeness (QED) is 0.716. The number of sulfonamides is 1. The summed E-state index contributed by atoms with van der Waals surface area (Å²) >= 11 is 0. The van der Waals surface area contributed by atoms with Gasteiger partial charge in [0.2, 0.25) is 15.9 Å². The van der Waals surface area contributed by atoms with Crippen molar-refractivity contribution in [3.63, 3.8) is 0 Å². The van der Waals surface area contributed by atoms with Crippen LogP contribution in [0.15, 0.2) is 47.4 Å². The molecule has 0 spiro atoms. The molecule has 0 radical (unpaired) electrons. The van der Waals surface area contributed by atoms with Gasteiger partial charge in [0.05, 0.1) is 24.2 Å². The maximum atomic E-state index is 13.2. The topological polar surface area (TPSA) is 79.0 Å². The Morgan fingerprint density at radius 2 is 1.81 bits per heavy atom. The van der Waals surface area contributed by atoms with Crippen molar-refractivity contribution in [3.8, 4) is 5.75 Å². The summed E-state index contributed by atoms with van der Waals surface area (Å²) in [7, 11) is -2.12. The number of anilines is 2. The number of hydrogen-bond donors (Lipinski definition) is 1. The summed E-state index contributed by atoms with van der Waals surface area (Å²) in [5, 5.41) is 2.88. The third kappa shape index (κ3) is 4.61. The third-order valence-electron chi connectivity index (χ3n) is 6.31. The second kappa shape index (κ2) is 9.50. The fourth-order valence-corrected chi connectivity index (χ4v) is 6.14. The molecule has 32 heavy (non-hydrogen) atoms.